The number of fused-ring (bicyclic) bond motifs is 1. The predicted molar refractivity (Wildman–Crippen MR) is 100 cm³/mol. The van der Waals surface area contributed by atoms with Gasteiger partial charge in [0.2, 0.25) is 11.3 Å². The molecule has 2 heterocycles. The molecule has 2 aromatic rings. The maximum absolute atomic E-state index is 14.9. The van der Waals surface area contributed by atoms with E-state index in [1.807, 2.05) is 0 Å². The first-order valence-corrected chi connectivity index (χ1v) is 8.93. The number of benzene rings is 1. The van der Waals surface area contributed by atoms with Crippen molar-refractivity contribution in [2.75, 3.05) is 31.1 Å². The molecule has 1 aliphatic heterocycles. The predicted octanol–water partition coefficient (Wildman–Crippen LogP) is 2.18. The molecular formula is C18H19ClFN3O4. The lowest BCUT2D eigenvalue weighted by atomic mass is 10.1. The smallest absolute Gasteiger partial charge is 0.341 e. The van der Waals surface area contributed by atoms with Crippen molar-refractivity contribution in [3.8, 4) is 0 Å². The van der Waals surface area contributed by atoms with Gasteiger partial charge in [-0.05, 0) is 13.0 Å². The SMILES string of the molecule is CCn1cc(C(=O)O)c(=O)c2cc(F)c(N3CCN(C(C)=O)CC3)c(Cl)c21. The number of piperazine rings is 1. The first kappa shape index (κ1) is 19.2. The van der Waals surface area contributed by atoms with Crippen LogP contribution in [-0.2, 0) is 11.3 Å². The van der Waals surface area contributed by atoms with Gasteiger partial charge in [-0.1, -0.05) is 11.6 Å². The molecule has 1 amide bonds. The molecule has 1 aromatic carbocycles. The molecule has 0 bridgehead atoms. The summed E-state index contributed by atoms with van der Waals surface area (Å²) in [5, 5.41) is 9.23. The second kappa shape index (κ2) is 7.19. The number of aromatic carboxylic acids is 1. The summed E-state index contributed by atoms with van der Waals surface area (Å²) in [5.41, 5.74) is -0.727. The molecule has 1 N–H and O–H groups in total. The zero-order valence-corrected chi connectivity index (χ0v) is 15.7. The lowest BCUT2D eigenvalue weighted by molar-refractivity contribution is -0.129. The Kier molecular flexibility index (Phi) is 5.10. The van der Waals surface area contributed by atoms with Crippen LogP contribution >= 0.6 is 11.6 Å². The molecule has 1 saturated heterocycles. The van der Waals surface area contributed by atoms with Crippen molar-refractivity contribution >= 4 is 40.1 Å². The summed E-state index contributed by atoms with van der Waals surface area (Å²) in [7, 11) is 0. The maximum Gasteiger partial charge on any atom is 0.341 e. The topological polar surface area (TPSA) is 82.8 Å². The van der Waals surface area contributed by atoms with Crippen LogP contribution in [-0.4, -0.2) is 52.6 Å². The van der Waals surface area contributed by atoms with E-state index in [0.29, 0.717) is 38.2 Å². The summed E-state index contributed by atoms with van der Waals surface area (Å²) >= 11 is 6.50. The number of amides is 1. The number of aryl methyl sites for hydroxylation is 1. The quantitative estimate of drug-likeness (QED) is 0.861. The van der Waals surface area contributed by atoms with Gasteiger partial charge in [-0.15, -0.1) is 0 Å². The molecule has 1 aliphatic rings. The Morgan fingerprint density at radius 1 is 1.26 bits per heavy atom. The van der Waals surface area contributed by atoms with Crippen molar-refractivity contribution in [2.24, 2.45) is 0 Å². The summed E-state index contributed by atoms with van der Waals surface area (Å²) in [6.07, 6.45) is 1.23. The highest BCUT2D eigenvalue weighted by atomic mass is 35.5. The minimum absolute atomic E-state index is 0.0410. The van der Waals surface area contributed by atoms with Crippen LogP contribution in [0.3, 0.4) is 0 Å². The number of carboxylic acid groups (broad SMARTS) is 1. The van der Waals surface area contributed by atoms with Crippen LogP contribution < -0.4 is 10.3 Å². The summed E-state index contributed by atoms with van der Waals surface area (Å²) in [6.45, 7) is 5.33. The van der Waals surface area contributed by atoms with E-state index < -0.39 is 22.8 Å². The molecule has 3 rings (SSSR count). The van der Waals surface area contributed by atoms with E-state index in [0.717, 1.165) is 6.07 Å². The van der Waals surface area contributed by atoms with E-state index in [4.69, 9.17) is 11.6 Å². The standard InChI is InChI=1S/C18H19ClFN3O4/c1-3-21-9-12(18(26)27)17(25)11-8-13(20)16(14(19)15(11)21)23-6-4-22(5-7-23)10(2)24/h8-9H,3-7H2,1-2H3,(H,26,27). The van der Waals surface area contributed by atoms with Gasteiger partial charge in [0, 0.05) is 45.8 Å². The Balaban J connectivity index is 2.17. The Bertz CT molecular complexity index is 996. The van der Waals surface area contributed by atoms with Crippen molar-refractivity contribution in [1.82, 2.24) is 9.47 Å². The lowest BCUT2D eigenvalue weighted by Crippen LogP contribution is -2.48. The molecule has 0 atom stereocenters. The number of nitrogens with zero attached hydrogens (tertiary/aromatic N) is 3. The van der Waals surface area contributed by atoms with Crippen LogP contribution in [0.15, 0.2) is 17.1 Å². The van der Waals surface area contributed by atoms with Gasteiger partial charge < -0.3 is 19.5 Å². The van der Waals surface area contributed by atoms with Crippen molar-refractivity contribution < 1.29 is 19.1 Å². The molecule has 0 aliphatic carbocycles. The highest BCUT2D eigenvalue weighted by Gasteiger charge is 2.26. The maximum atomic E-state index is 14.9. The summed E-state index contributed by atoms with van der Waals surface area (Å²) in [5.74, 6) is -2.10. The molecule has 27 heavy (non-hydrogen) atoms. The number of aromatic nitrogens is 1. The van der Waals surface area contributed by atoms with E-state index >= 15 is 0 Å². The van der Waals surface area contributed by atoms with Gasteiger partial charge >= 0.3 is 5.97 Å². The van der Waals surface area contributed by atoms with Crippen LogP contribution in [0, 0.1) is 5.82 Å². The Labute approximate surface area is 159 Å². The first-order chi connectivity index (χ1) is 12.8. The minimum Gasteiger partial charge on any atom is -0.477 e. The van der Waals surface area contributed by atoms with E-state index in [-0.39, 0.29) is 22.0 Å². The highest BCUT2D eigenvalue weighted by Crippen LogP contribution is 2.36. The average Bonchev–Trinajstić information content (AvgIpc) is 2.62. The van der Waals surface area contributed by atoms with Gasteiger partial charge in [-0.3, -0.25) is 9.59 Å². The number of halogens is 2. The van der Waals surface area contributed by atoms with Gasteiger partial charge in [-0.2, -0.15) is 0 Å². The minimum atomic E-state index is -1.37. The van der Waals surface area contributed by atoms with E-state index in [1.54, 1.807) is 16.7 Å². The largest absolute Gasteiger partial charge is 0.477 e. The Morgan fingerprint density at radius 2 is 1.89 bits per heavy atom. The number of anilines is 1. The van der Waals surface area contributed by atoms with E-state index in [9.17, 15) is 23.9 Å². The second-order valence-corrected chi connectivity index (χ2v) is 6.75. The molecule has 0 saturated carbocycles. The summed E-state index contributed by atoms with van der Waals surface area (Å²) in [6, 6.07) is 1.05. The molecule has 144 valence electrons. The molecule has 0 radical (unpaired) electrons. The molecule has 1 fully saturated rings. The normalized spacial score (nSPS) is 14.7. The lowest BCUT2D eigenvalue weighted by Gasteiger charge is -2.36. The number of carbonyl (C=O) groups excluding carboxylic acids is 1. The monoisotopic (exact) mass is 395 g/mol. The summed E-state index contributed by atoms with van der Waals surface area (Å²) in [4.78, 5) is 38.7. The van der Waals surface area contributed by atoms with Crippen molar-refractivity contribution in [3.05, 3.63) is 38.9 Å². The number of hydrogen-bond donors (Lipinski definition) is 1. The molecule has 1 aromatic heterocycles. The molecule has 0 spiro atoms. The van der Waals surface area contributed by atoms with Crippen LogP contribution in [0.25, 0.3) is 10.9 Å². The van der Waals surface area contributed by atoms with Crippen LogP contribution in [0.2, 0.25) is 5.02 Å². The van der Waals surface area contributed by atoms with Gasteiger partial charge in [-0.25, -0.2) is 9.18 Å². The van der Waals surface area contributed by atoms with Crippen LogP contribution in [0.1, 0.15) is 24.2 Å². The van der Waals surface area contributed by atoms with E-state index in [1.165, 1.54) is 17.7 Å². The van der Waals surface area contributed by atoms with Gasteiger partial charge in [0.05, 0.1) is 21.6 Å². The van der Waals surface area contributed by atoms with Gasteiger partial charge in [0.1, 0.15) is 11.4 Å². The highest BCUT2D eigenvalue weighted by molar-refractivity contribution is 6.38. The van der Waals surface area contributed by atoms with E-state index in [2.05, 4.69) is 0 Å². The Hall–Kier alpha value is -2.61. The second-order valence-electron chi connectivity index (χ2n) is 6.37. The van der Waals surface area contributed by atoms with Crippen molar-refractivity contribution in [2.45, 2.75) is 20.4 Å². The molecular weight excluding hydrogens is 377 g/mol. The molecule has 7 nitrogen and oxygen atoms in total. The fourth-order valence-corrected chi connectivity index (χ4v) is 3.83. The molecule has 0 unspecified atom stereocenters. The fourth-order valence-electron chi connectivity index (χ4n) is 3.41. The van der Waals surface area contributed by atoms with Crippen LogP contribution in [0.4, 0.5) is 10.1 Å². The third-order valence-corrected chi connectivity index (χ3v) is 5.20. The van der Waals surface area contributed by atoms with Gasteiger partial charge in [0.25, 0.3) is 0 Å². The summed E-state index contributed by atoms with van der Waals surface area (Å²) < 4.78 is 16.4. The zero-order chi connectivity index (χ0) is 19.9. The number of hydrogen-bond acceptors (Lipinski definition) is 4. The third-order valence-electron chi connectivity index (χ3n) is 4.84. The fraction of sp³-hybridized carbons (Fsp3) is 0.389. The number of carboxylic acids is 1. The first-order valence-electron chi connectivity index (χ1n) is 8.55. The third kappa shape index (κ3) is 3.25. The van der Waals surface area contributed by atoms with Crippen molar-refractivity contribution in [1.29, 1.82) is 0 Å². The van der Waals surface area contributed by atoms with Crippen molar-refractivity contribution in [3.63, 3.8) is 0 Å². The Morgan fingerprint density at radius 3 is 2.41 bits per heavy atom. The number of pyridine rings is 1. The average molecular weight is 396 g/mol. The zero-order valence-electron chi connectivity index (χ0n) is 15.0. The molecule has 9 heteroatoms. The number of carbonyl (C=O) groups is 2. The van der Waals surface area contributed by atoms with Gasteiger partial charge in [0.15, 0.2) is 0 Å². The van der Waals surface area contributed by atoms with Crippen LogP contribution in [0.5, 0.6) is 0 Å². The number of rotatable bonds is 3.